The molecule has 4 rings (SSSR count). The van der Waals surface area contributed by atoms with Gasteiger partial charge in [0.1, 0.15) is 0 Å². The molecular weight excluding hydrogens is 434 g/mol. The van der Waals surface area contributed by atoms with Crippen molar-refractivity contribution in [2.24, 2.45) is 0 Å². The van der Waals surface area contributed by atoms with E-state index in [1.54, 1.807) is 15.9 Å². The van der Waals surface area contributed by atoms with Gasteiger partial charge in [-0.1, -0.05) is 41.9 Å². The van der Waals surface area contributed by atoms with E-state index in [9.17, 15) is 14.8 Å². The molecule has 31 heavy (non-hydrogen) atoms. The number of carbonyl (C=O) groups is 2. The van der Waals surface area contributed by atoms with Gasteiger partial charge in [-0.05, 0) is 35.4 Å². The Balaban J connectivity index is 1.34. The predicted molar refractivity (Wildman–Crippen MR) is 121 cm³/mol. The number of amides is 2. The highest BCUT2D eigenvalue weighted by atomic mass is 35.5. The molecule has 0 saturated carbocycles. The van der Waals surface area contributed by atoms with Gasteiger partial charge in [-0.25, -0.2) is 0 Å². The Morgan fingerprint density at radius 3 is 2.45 bits per heavy atom. The van der Waals surface area contributed by atoms with Crippen LogP contribution in [0.3, 0.4) is 0 Å². The maximum Gasteiger partial charge on any atom is 0.312 e. The van der Waals surface area contributed by atoms with Gasteiger partial charge in [-0.15, -0.1) is 11.3 Å². The van der Waals surface area contributed by atoms with Crippen LogP contribution in [0.15, 0.2) is 67.0 Å². The molecule has 0 spiro atoms. The molecule has 1 saturated heterocycles. The maximum absolute atomic E-state index is 12.6. The second-order valence-corrected chi connectivity index (χ2v) is 8.92. The first-order chi connectivity index (χ1) is 15.0. The number of hydrogen-bond donors (Lipinski definition) is 0. The van der Waals surface area contributed by atoms with Gasteiger partial charge in [0.25, 0.3) is 0 Å². The van der Waals surface area contributed by atoms with E-state index < -0.39 is 11.8 Å². The Labute approximate surface area is 189 Å². The fourth-order valence-electron chi connectivity index (χ4n) is 3.40. The van der Waals surface area contributed by atoms with Crippen LogP contribution in [-0.4, -0.2) is 41.2 Å². The van der Waals surface area contributed by atoms with Crippen LogP contribution in [0, 0.1) is 5.21 Å². The lowest BCUT2D eigenvalue weighted by Gasteiger charge is -2.33. The summed E-state index contributed by atoms with van der Waals surface area (Å²) in [5.41, 5.74) is 2.67. The highest BCUT2D eigenvalue weighted by Crippen LogP contribution is 2.22. The number of hydrogen-bond acceptors (Lipinski definition) is 4. The smallest absolute Gasteiger partial charge is 0.312 e. The lowest BCUT2D eigenvalue weighted by Crippen LogP contribution is -2.53. The molecular formula is C23H20ClN3O3S. The van der Waals surface area contributed by atoms with Crippen LogP contribution < -0.4 is 4.73 Å². The van der Waals surface area contributed by atoms with E-state index in [0.29, 0.717) is 30.5 Å². The van der Waals surface area contributed by atoms with Crippen LogP contribution in [0.4, 0.5) is 0 Å². The molecule has 0 radical (unpaired) electrons. The van der Waals surface area contributed by atoms with E-state index >= 15 is 0 Å². The highest BCUT2D eigenvalue weighted by molar-refractivity contribution is 7.16. The summed E-state index contributed by atoms with van der Waals surface area (Å²) in [6.07, 6.45) is 6.73. The quantitative estimate of drug-likeness (QED) is 0.325. The molecule has 0 atom stereocenters. The average Bonchev–Trinajstić information content (AvgIpc) is 3.18. The van der Waals surface area contributed by atoms with Crippen molar-refractivity contribution in [3.05, 3.63) is 87.0 Å². The fraction of sp³-hybridized carbons (Fsp3) is 0.174. The van der Waals surface area contributed by atoms with Gasteiger partial charge >= 0.3 is 11.8 Å². The van der Waals surface area contributed by atoms with E-state index in [1.807, 2.05) is 54.6 Å². The molecule has 1 aliphatic rings. The van der Waals surface area contributed by atoms with Crippen LogP contribution in [0.2, 0.25) is 4.34 Å². The second kappa shape index (κ2) is 9.32. The second-order valence-electron chi connectivity index (χ2n) is 7.17. The Morgan fingerprint density at radius 2 is 1.74 bits per heavy atom. The van der Waals surface area contributed by atoms with Gasteiger partial charge in [-0.2, -0.15) is 4.73 Å². The minimum absolute atomic E-state index is 0.374. The molecule has 0 bridgehead atoms. The summed E-state index contributed by atoms with van der Waals surface area (Å²) in [6.45, 7) is 1.74. The van der Waals surface area contributed by atoms with Crippen LogP contribution in [0.1, 0.15) is 10.4 Å². The normalized spacial score (nSPS) is 14.6. The first-order valence-electron chi connectivity index (χ1n) is 9.78. The lowest BCUT2D eigenvalue weighted by molar-refractivity contribution is -0.604. The molecule has 2 aromatic heterocycles. The zero-order valence-electron chi connectivity index (χ0n) is 16.6. The number of benzene rings is 1. The summed E-state index contributed by atoms with van der Waals surface area (Å²) in [5.74, 6) is -0.973. The molecule has 0 aliphatic carbocycles. The molecule has 8 heteroatoms. The number of piperazine rings is 1. The largest absolute Gasteiger partial charge is 0.619 e. The number of halogens is 1. The van der Waals surface area contributed by atoms with Crippen molar-refractivity contribution in [2.45, 2.75) is 6.54 Å². The predicted octanol–water partition coefficient (Wildman–Crippen LogP) is 3.59. The third-order valence-corrected chi connectivity index (χ3v) is 6.23. The van der Waals surface area contributed by atoms with E-state index in [-0.39, 0.29) is 0 Å². The number of aromatic nitrogens is 1. The maximum atomic E-state index is 12.6. The molecule has 1 aliphatic heterocycles. The average molecular weight is 454 g/mol. The summed E-state index contributed by atoms with van der Waals surface area (Å²) in [5, 5.41) is 11.5. The minimum Gasteiger partial charge on any atom is -0.619 e. The zero-order chi connectivity index (χ0) is 21.8. The molecule has 1 aromatic carbocycles. The summed E-state index contributed by atoms with van der Waals surface area (Å²) < 4.78 is 1.47. The molecule has 2 amide bonds. The van der Waals surface area contributed by atoms with Gasteiger partial charge < -0.3 is 15.0 Å². The van der Waals surface area contributed by atoms with E-state index in [1.165, 1.54) is 23.7 Å². The first-order valence-corrected chi connectivity index (χ1v) is 11.0. The van der Waals surface area contributed by atoms with Crippen LogP contribution >= 0.6 is 22.9 Å². The fourth-order valence-corrected chi connectivity index (χ4v) is 4.39. The van der Waals surface area contributed by atoms with Crippen molar-refractivity contribution in [1.29, 1.82) is 0 Å². The molecule has 1 fully saturated rings. The Bertz CT molecular complexity index is 1130. The highest BCUT2D eigenvalue weighted by Gasteiger charge is 2.31. The number of rotatable bonds is 6. The number of carbonyl (C=O) groups excluding carboxylic acids is 2. The Morgan fingerprint density at radius 1 is 1.00 bits per heavy atom. The summed E-state index contributed by atoms with van der Waals surface area (Å²) in [4.78, 5) is 29.2. The van der Waals surface area contributed by atoms with Crippen LogP contribution in [-0.2, 0) is 16.1 Å². The molecule has 6 nitrogen and oxygen atoms in total. The summed E-state index contributed by atoms with van der Waals surface area (Å²) >= 11 is 7.38. The first kappa shape index (κ1) is 21.1. The van der Waals surface area contributed by atoms with Crippen molar-refractivity contribution in [3.8, 4) is 11.1 Å². The van der Waals surface area contributed by atoms with Crippen molar-refractivity contribution in [2.75, 3.05) is 19.6 Å². The Hall–Kier alpha value is -3.16. The molecule has 3 heterocycles. The molecule has 3 aromatic rings. The van der Waals surface area contributed by atoms with E-state index in [2.05, 4.69) is 0 Å². The third-order valence-electron chi connectivity index (χ3n) is 5.03. The number of pyridine rings is 1. The summed E-state index contributed by atoms with van der Waals surface area (Å²) in [7, 11) is 0. The third kappa shape index (κ3) is 5.13. The standard InChI is InChI=1S/C23H20ClN3O3S/c24-21-10-9-20(31-21)4-2-11-25-13-14-26(23(29)22(25)28)15-17-5-7-18(8-6-17)19-3-1-12-27(30)16-19/h1-10,12,16H,11,13-15H2. The molecule has 0 unspecified atom stereocenters. The van der Waals surface area contributed by atoms with Gasteiger partial charge in [0.2, 0.25) is 0 Å². The van der Waals surface area contributed by atoms with Crippen molar-refractivity contribution >= 4 is 40.8 Å². The van der Waals surface area contributed by atoms with Crippen molar-refractivity contribution < 1.29 is 14.3 Å². The lowest BCUT2D eigenvalue weighted by atomic mass is 10.1. The van der Waals surface area contributed by atoms with E-state index in [0.717, 1.165) is 26.3 Å². The van der Waals surface area contributed by atoms with Gasteiger partial charge in [0, 0.05) is 42.7 Å². The van der Waals surface area contributed by atoms with Gasteiger partial charge in [-0.3, -0.25) is 9.59 Å². The number of thiophene rings is 1. The molecule has 0 N–H and O–H groups in total. The minimum atomic E-state index is -0.488. The van der Waals surface area contributed by atoms with E-state index in [4.69, 9.17) is 11.6 Å². The Kier molecular flexibility index (Phi) is 6.34. The SMILES string of the molecule is O=C1C(=O)N(Cc2ccc(-c3ccc[n+]([O-])c3)cc2)CCN1CC=Cc1ccc(Cl)s1. The van der Waals surface area contributed by atoms with Crippen LogP contribution in [0.5, 0.6) is 0 Å². The van der Waals surface area contributed by atoms with Crippen LogP contribution in [0.25, 0.3) is 17.2 Å². The van der Waals surface area contributed by atoms with Gasteiger partial charge in [0.05, 0.1) is 4.34 Å². The zero-order valence-corrected chi connectivity index (χ0v) is 18.2. The monoisotopic (exact) mass is 453 g/mol. The molecule has 158 valence electrons. The van der Waals surface area contributed by atoms with Gasteiger partial charge in [0.15, 0.2) is 12.4 Å². The van der Waals surface area contributed by atoms with Crippen molar-refractivity contribution in [1.82, 2.24) is 9.80 Å². The topological polar surface area (TPSA) is 67.6 Å². The number of nitrogens with zero attached hydrogens (tertiary/aromatic N) is 3. The van der Waals surface area contributed by atoms with Crippen molar-refractivity contribution in [3.63, 3.8) is 0 Å². The summed E-state index contributed by atoms with van der Waals surface area (Å²) in [6, 6.07) is 15.0.